The van der Waals surface area contributed by atoms with Crippen LogP contribution in [0.4, 0.5) is 0 Å². The van der Waals surface area contributed by atoms with Gasteiger partial charge in [0.05, 0.1) is 25.5 Å². The summed E-state index contributed by atoms with van der Waals surface area (Å²) < 4.78 is 11.5. The fraction of sp³-hybridized carbons (Fsp3) is 0.211. The summed E-state index contributed by atoms with van der Waals surface area (Å²) in [6.07, 6.45) is 0. The first-order valence-corrected chi connectivity index (χ1v) is 7.74. The van der Waals surface area contributed by atoms with Crippen molar-refractivity contribution in [3.8, 4) is 11.1 Å². The summed E-state index contributed by atoms with van der Waals surface area (Å²) in [6.45, 7) is 3.69. The van der Waals surface area contributed by atoms with Gasteiger partial charge in [0.25, 0.3) is 0 Å². The highest BCUT2D eigenvalue weighted by Crippen LogP contribution is 2.31. The first-order valence-electron chi connectivity index (χ1n) is 7.74. The lowest BCUT2D eigenvalue weighted by atomic mass is 9.98. The standard InChI is InChI=1S/C19H18N2O4/c1-11-12(2)21-15(20-11)10-14(13-8-6-5-7-9-13)16(18(22)24-3)17(21)19(23)25-4/h5-10H,1-4H3. The van der Waals surface area contributed by atoms with Gasteiger partial charge in [0.2, 0.25) is 0 Å². The van der Waals surface area contributed by atoms with Gasteiger partial charge in [0.15, 0.2) is 0 Å². The molecule has 0 aliphatic heterocycles. The molecule has 0 amide bonds. The van der Waals surface area contributed by atoms with E-state index in [1.54, 1.807) is 10.5 Å². The van der Waals surface area contributed by atoms with Crippen molar-refractivity contribution in [1.82, 2.24) is 9.38 Å². The number of imidazole rings is 1. The second-order valence-corrected chi connectivity index (χ2v) is 5.61. The number of benzene rings is 1. The van der Waals surface area contributed by atoms with E-state index in [2.05, 4.69) is 4.98 Å². The van der Waals surface area contributed by atoms with E-state index in [1.807, 2.05) is 44.2 Å². The Morgan fingerprint density at radius 2 is 1.64 bits per heavy atom. The second-order valence-electron chi connectivity index (χ2n) is 5.61. The number of fused-ring (bicyclic) bond motifs is 1. The van der Waals surface area contributed by atoms with Crippen molar-refractivity contribution in [2.24, 2.45) is 0 Å². The van der Waals surface area contributed by atoms with Gasteiger partial charge >= 0.3 is 11.9 Å². The normalized spacial score (nSPS) is 10.7. The number of carbonyl (C=O) groups is 2. The van der Waals surface area contributed by atoms with E-state index in [-0.39, 0.29) is 11.3 Å². The fourth-order valence-electron chi connectivity index (χ4n) is 2.90. The van der Waals surface area contributed by atoms with Gasteiger partial charge in [0.1, 0.15) is 11.3 Å². The lowest BCUT2D eigenvalue weighted by Crippen LogP contribution is -2.18. The number of ether oxygens (including phenoxy) is 2. The summed E-state index contributed by atoms with van der Waals surface area (Å²) in [5.41, 5.74) is 3.74. The Bertz CT molecular complexity index is 974. The zero-order valence-corrected chi connectivity index (χ0v) is 14.5. The van der Waals surface area contributed by atoms with E-state index in [0.29, 0.717) is 11.2 Å². The first-order chi connectivity index (χ1) is 12.0. The molecule has 6 heteroatoms. The Morgan fingerprint density at radius 3 is 2.24 bits per heavy atom. The quantitative estimate of drug-likeness (QED) is 0.686. The molecule has 2 aromatic heterocycles. The molecular formula is C19H18N2O4. The molecule has 0 N–H and O–H groups in total. The van der Waals surface area contributed by atoms with Crippen molar-refractivity contribution in [1.29, 1.82) is 0 Å². The number of hydrogen-bond acceptors (Lipinski definition) is 5. The van der Waals surface area contributed by atoms with Crippen LogP contribution in [0.25, 0.3) is 16.8 Å². The lowest BCUT2D eigenvalue weighted by Gasteiger charge is -2.15. The molecule has 3 aromatic rings. The Hall–Kier alpha value is -3.15. The molecular weight excluding hydrogens is 320 g/mol. The Balaban J connectivity index is 2.51. The van der Waals surface area contributed by atoms with Crippen molar-refractivity contribution < 1.29 is 19.1 Å². The molecule has 128 valence electrons. The molecule has 25 heavy (non-hydrogen) atoms. The number of pyridine rings is 1. The molecule has 0 aliphatic rings. The van der Waals surface area contributed by atoms with Gasteiger partial charge in [-0.15, -0.1) is 0 Å². The Labute approximate surface area is 145 Å². The van der Waals surface area contributed by atoms with Crippen molar-refractivity contribution in [2.75, 3.05) is 14.2 Å². The molecule has 0 bridgehead atoms. The highest BCUT2D eigenvalue weighted by molar-refractivity contribution is 6.07. The predicted octanol–water partition coefficient (Wildman–Crippen LogP) is 3.19. The minimum atomic E-state index is -0.622. The summed E-state index contributed by atoms with van der Waals surface area (Å²) in [6, 6.07) is 11.1. The maximum atomic E-state index is 12.5. The average molecular weight is 338 g/mol. The fourth-order valence-corrected chi connectivity index (χ4v) is 2.90. The van der Waals surface area contributed by atoms with E-state index in [0.717, 1.165) is 17.0 Å². The number of esters is 2. The molecule has 0 saturated carbocycles. The summed E-state index contributed by atoms with van der Waals surface area (Å²) in [7, 11) is 2.57. The van der Waals surface area contributed by atoms with Gasteiger partial charge in [0, 0.05) is 11.3 Å². The number of carbonyl (C=O) groups excluding carboxylic acids is 2. The molecule has 0 unspecified atom stereocenters. The van der Waals surface area contributed by atoms with E-state index >= 15 is 0 Å². The first kappa shape index (κ1) is 16.7. The maximum Gasteiger partial charge on any atom is 0.356 e. The van der Waals surface area contributed by atoms with Gasteiger partial charge in [-0.2, -0.15) is 0 Å². The summed E-state index contributed by atoms with van der Waals surface area (Å²) in [5.74, 6) is -1.23. The van der Waals surface area contributed by atoms with E-state index in [9.17, 15) is 9.59 Å². The molecule has 0 saturated heterocycles. The van der Waals surface area contributed by atoms with Crippen LogP contribution in [-0.2, 0) is 9.47 Å². The predicted molar refractivity (Wildman–Crippen MR) is 92.8 cm³/mol. The zero-order chi connectivity index (χ0) is 18.1. The van der Waals surface area contributed by atoms with Crippen molar-refractivity contribution in [3.05, 3.63) is 59.0 Å². The molecule has 0 fully saturated rings. The highest BCUT2D eigenvalue weighted by atomic mass is 16.5. The molecule has 0 radical (unpaired) electrons. The largest absolute Gasteiger partial charge is 0.465 e. The van der Waals surface area contributed by atoms with Crippen LogP contribution in [0.3, 0.4) is 0 Å². The smallest absolute Gasteiger partial charge is 0.356 e. The zero-order valence-electron chi connectivity index (χ0n) is 14.5. The Morgan fingerprint density at radius 1 is 1.00 bits per heavy atom. The number of methoxy groups -OCH3 is 2. The maximum absolute atomic E-state index is 12.5. The second kappa shape index (κ2) is 6.39. The van der Waals surface area contributed by atoms with E-state index in [1.165, 1.54) is 14.2 Å². The van der Waals surface area contributed by atoms with Crippen LogP contribution in [0.1, 0.15) is 32.2 Å². The van der Waals surface area contributed by atoms with Crippen LogP contribution in [0.5, 0.6) is 0 Å². The van der Waals surface area contributed by atoms with Crippen LogP contribution in [0.15, 0.2) is 36.4 Å². The van der Waals surface area contributed by atoms with E-state index < -0.39 is 11.9 Å². The molecule has 6 nitrogen and oxygen atoms in total. The monoisotopic (exact) mass is 338 g/mol. The SMILES string of the molecule is COC(=O)c1c(-c2ccccc2)cc2nc(C)c(C)n2c1C(=O)OC. The number of hydrogen-bond donors (Lipinski definition) is 0. The summed E-state index contributed by atoms with van der Waals surface area (Å²) in [5, 5.41) is 0. The van der Waals surface area contributed by atoms with Gasteiger partial charge in [-0.3, -0.25) is 4.40 Å². The van der Waals surface area contributed by atoms with Crippen molar-refractivity contribution in [2.45, 2.75) is 13.8 Å². The molecule has 3 rings (SSSR count). The van der Waals surface area contributed by atoms with Crippen LogP contribution in [-0.4, -0.2) is 35.5 Å². The van der Waals surface area contributed by atoms with Gasteiger partial charge in [-0.05, 0) is 25.5 Å². The minimum Gasteiger partial charge on any atom is -0.465 e. The number of aromatic nitrogens is 2. The summed E-state index contributed by atoms with van der Waals surface area (Å²) in [4.78, 5) is 29.6. The number of aryl methyl sites for hydroxylation is 2. The highest BCUT2D eigenvalue weighted by Gasteiger charge is 2.28. The van der Waals surface area contributed by atoms with Gasteiger partial charge in [-0.1, -0.05) is 30.3 Å². The number of nitrogens with zero attached hydrogens (tertiary/aromatic N) is 2. The van der Waals surface area contributed by atoms with Crippen LogP contribution in [0.2, 0.25) is 0 Å². The molecule has 1 aromatic carbocycles. The molecule has 0 spiro atoms. The topological polar surface area (TPSA) is 69.9 Å². The third-order valence-electron chi connectivity index (χ3n) is 4.23. The number of rotatable bonds is 3. The Kier molecular flexibility index (Phi) is 4.27. The van der Waals surface area contributed by atoms with Crippen molar-refractivity contribution in [3.63, 3.8) is 0 Å². The van der Waals surface area contributed by atoms with Crippen LogP contribution < -0.4 is 0 Å². The lowest BCUT2D eigenvalue weighted by molar-refractivity contribution is 0.0549. The average Bonchev–Trinajstić information content (AvgIpc) is 2.93. The van der Waals surface area contributed by atoms with Gasteiger partial charge < -0.3 is 9.47 Å². The molecule has 0 aliphatic carbocycles. The van der Waals surface area contributed by atoms with Crippen LogP contribution in [0, 0.1) is 13.8 Å². The third kappa shape index (κ3) is 2.65. The molecule has 0 atom stereocenters. The van der Waals surface area contributed by atoms with E-state index in [4.69, 9.17) is 9.47 Å². The van der Waals surface area contributed by atoms with Crippen molar-refractivity contribution >= 4 is 17.6 Å². The third-order valence-corrected chi connectivity index (χ3v) is 4.23. The van der Waals surface area contributed by atoms with Crippen LogP contribution >= 0.6 is 0 Å². The minimum absolute atomic E-state index is 0.115. The molecule has 2 heterocycles. The van der Waals surface area contributed by atoms with Gasteiger partial charge in [-0.25, -0.2) is 14.6 Å². The summed E-state index contributed by atoms with van der Waals surface area (Å²) >= 11 is 0.